The Balaban J connectivity index is 1.58. The Morgan fingerprint density at radius 2 is 1.87 bits per heavy atom. The fourth-order valence-corrected chi connectivity index (χ4v) is 2.66. The summed E-state index contributed by atoms with van der Waals surface area (Å²) in [5.41, 5.74) is 3.00. The number of benzene rings is 2. The van der Waals surface area contributed by atoms with Crippen LogP contribution in [0.25, 0.3) is 0 Å². The number of rotatable bonds is 5. The molecule has 1 saturated heterocycles. The quantitative estimate of drug-likeness (QED) is 0.886. The van der Waals surface area contributed by atoms with Crippen molar-refractivity contribution in [3.8, 4) is 0 Å². The molecular weight excluding hydrogens is 293 g/mol. The lowest BCUT2D eigenvalue weighted by atomic mass is 10.0. The summed E-state index contributed by atoms with van der Waals surface area (Å²) >= 11 is 0. The second-order valence-electron chi connectivity index (χ2n) is 5.76. The highest BCUT2D eigenvalue weighted by Crippen LogP contribution is 2.21. The van der Waals surface area contributed by atoms with Crippen LogP contribution in [0.15, 0.2) is 48.5 Å². The van der Waals surface area contributed by atoms with Crippen LogP contribution in [0.2, 0.25) is 0 Å². The Hall–Kier alpha value is -2.56. The molecule has 0 aromatic heterocycles. The van der Waals surface area contributed by atoms with E-state index in [0.717, 1.165) is 23.5 Å². The zero-order valence-corrected chi connectivity index (χ0v) is 13.1. The van der Waals surface area contributed by atoms with E-state index in [4.69, 9.17) is 0 Å². The summed E-state index contributed by atoms with van der Waals surface area (Å²) in [6, 6.07) is 14.4. The van der Waals surface area contributed by atoms with Crippen LogP contribution in [-0.4, -0.2) is 25.7 Å². The van der Waals surface area contributed by atoms with E-state index in [0.29, 0.717) is 13.1 Å². The lowest BCUT2D eigenvalue weighted by molar-refractivity contribution is 0.252. The molecule has 0 unspecified atom stereocenters. The molecule has 1 aliphatic heterocycles. The second kappa shape index (κ2) is 6.69. The molecule has 0 radical (unpaired) electrons. The fourth-order valence-electron chi connectivity index (χ4n) is 2.66. The Morgan fingerprint density at radius 3 is 2.48 bits per heavy atom. The maximum atomic E-state index is 12.9. The van der Waals surface area contributed by atoms with E-state index in [2.05, 4.69) is 17.6 Å². The number of nitrogens with one attached hydrogen (secondary N) is 2. The van der Waals surface area contributed by atoms with E-state index in [1.54, 1.807) is 4.90 Å². The Labute approximate surface area is 135 Å². The SMILES string of the molecule is C[C@@H](CNc1ccc(N2CCNC2=O)cc1)c1ccc(F)cc1. The first-order valence-electron chi connectivity index (χ1n) is 7.78. The van der Waals surface area contributed by atoms with Crippen LogP contribution in [0.4, 0.5) is 20.6 Å². The predicted molar refractivity (Wildman–Crippen MR) is 90.5 cm³/mol. The Bertz CT molecular complexity index is 670. The number of hydrogen-bond acceptors (Lipinski definition) is 2. The molecular formula is C18H20FN3O. The summed E-state index contributed by atoms with van der Waals surface area (Å²) in [5, 5.41) is 6.16. The van der Waals surface area contributed by atoms with Crippen molar-refractivity contribution in [1.29, 1.82) is 0 Å². The van der Waals surface area contributed by atoms with Crippen LogP contribution in [0.1, 0.15) is 18.4 Å². The van der Waals surface area contributed by atoms with Gasteiger partial charge in [0.15, 0.2) is 0 Å². The third kappa shape index (κ3) is 3.62. The van der Waals surface area contributed by atoms with Crippen molar-refractivity contribution in [3.63, 3.8) is 0 Å². The molecule has 4 nitrogen and oxygen atoms in total. The minimum Gasteiger partial charge on any atom is -0.384 e. The molecule has 0 spiro atoms. The summed E-state index contributed by atoms with van der Waals surface area (Å²) in [4.78, 5) is 13.4. The number of carbonyl (C=O) groups is 1. The van der Waals surface area contributed by atoms with Gasteiger partial charge in [-0.2, -0.15) is 0 Å². The summed E-state index contributed by atoms with van der Waals surface area (Å²) < 4.78 is 12.9. The number of nitrogens with zero attached hydrogens (tertiary/aromatic N) is 1. The normalized spacial score (nSPS) is 15.4. The largest absolute Gasteiger partial charge is 0.384 e. The van der Waals surface area contributed by atoms with Crippen molar-refractivity contribution >= 4 is 17.4 Å². The number of amides is 2. The van der Waals surface area contributed by atoms with Gasteiger partial charge in [0, 0.05) is 31.0 Å². The molecule has 23 heavy (non-hydrogen) atoms. The highest BCUT2D eigenvalue weighted by molar-refractivity contribution is 5.94. The van der Waals surface area contributed by atoms with Crippen LogP contribution in [-0.2, 0) is 0 Å². The summed E-state index contributed by atoms with van der Waals surface area (Å²) in [7, 11) is 0. The fraction of sp³-hybridized carbons (Fsp3) is 0.278. The molecule has 1 heterocycles. The first-order chi connectivity index (χ1) is 11.1. The van der Waals surface area contributed by atoms with E-state index in [9.17, 15) is 9.18 Å². The van der Waals surface area contributed by atoms with Crippen molar-refractivity contribution in [2.45, 2.75) is 12.8 Å². The van der Waals surface area contributed by atoms with Gasteiger partial charge in [-0.3, -0.25) is 4.90 Å². The van der Waals surface area contributed by atoms with Gasteiger partial charge in [0.25, 0.3) is 0 Å². The molecule has 5 heteroatoms. The van der Waals surface area contributed by atoms with Crippen molar-refractivity contribution in [2.75, 3.05) is 29.9 Å². The smallest absolute Gasteiger partial charge is 0.321 e. The summed E-state index contributed by atoms with van der Waals surface area (Å²) in [6.07, 6.45) is 0. The van der Waals surface area contributed by atoms with Gasteiger partial charge in [-0.25, -0.2) is 9.18 Å². The molecule has 1 aliphatic rings. The van der Waals surface area contributed by atoms with E-state index in [-0.39, 0.29) is 17.8 Å². The van der Waals surface area contributed by atoms with Crippen molar-refractivity contribution in [2.24, 2.45) is 0 Å². The van der Waals surface area contributed by atoms with Crippen LogP contribution in [0, 0.1) is 5.82 Å². The van der Waals surface area contributed by atoms with Gasteiger partial charge in [0.1, 0.15) is 5.82 Å². The third-order valence-electron chi connectivity index (χ3n) is 4.09. The van der Waals surface area contributed by atoms with E-state index >= 15 is 0 Å². The van der Waals surface area contributed by atoms with E-state index < -0.39 is 0 Å². The van der Waals surface area contributed by atoms with Crippen LogP contribution in [0.3, 0.4) is 0 Å². The van der Waals surface area contributed by atoms with Gasteiger partial charge in [-0.15, -0.1) is 0 Å². The van der Waals surface area contributed by atoms with Gasteiger partial charge in [-0.05, 0) is 47.9 Å². The van der Waals surface area contributed by atoms with Crippen molar-refractivity contribution in [3.05, 3.63) is 59.9 Å². The van der Waals surface area contributed by atoms with Gasteiger partial charge in [0.2, 0.25) is 0 Å². The van der Waals surface area contributed by atoms with Crippen LogP contribution >= 0.6 is 0 Å². The average Bonchev–Trinajstić information content (AvgIpc) is 3.00. The highest BCUT2D eigenvalue weighted by Gasteiger charge is 2.20. The molecule has 120 valence electrons. The first kappa shape index (κ1) is 15.3. The highest BCUT2D eigenvalue weighted by atomic mass is 19.1. The summed E-state index contributed by atoms with van der Waals surface area (Å²) in [5.74, 6) is 0.0649. The zero-order valence-electron chi connectivity index (χ0n) is 13.1. The molecule has 0 aliphatic carbocycles. The van der Waals surface area contributed by atoms with Crippen LogP contribution in [0.5, 0.6) is 0 Å². The third-order valence-corrected chi connectivity index (χ3v) is 4.09. The lowest BCUT2D eigenvalue weighted by Crippen LogP contribution is -2.27. The predicted octanol–water partition coefficient (Wildman–Crippen LogP) is 3.57. The van der Waals surface area contributed by atoms with Gasteiger partial charge in [-0.1, -0.05) is 19.1 Å². The Kier molecular flexibility index (Phi) is 4.46. The molecule has 2 aromatic rings. The summed E-state index contributed by atoms with van der Waals surface area (Å²) in [6.45, 7) is 4.25. The number of halogens is 1. The van der Waals surface area contributed by atoms with Gasteiger partial charge in [0.05, 0.1) is 0 Å². The molecule has 0 saturated carbocycles. The number of carbonyl (C=O) groups excluding carboxylic acids is 1. The van der Waals surface area contributed by atoms with Gasteiger partial charge >= 0.3 is 6.03 Å². The van der Waals surface area contributed by atoms with E-state index in [1.807, 2.05) is 36.4 Å². The van der Waals surface area contributed by atoms with Crippen molar-refractivity contribution < 1.29 is 9.18 Å². The molecule has 2 amide bonds. The Morgan fingerprint density at radius 1 is 1.17 bits per heavy atom. The molecule has 1 atom stereocenters. The number of hydrogen-bond donors (Lipinski definition) is 2. The van der Waals surface area contributed by atoms with Crippen LogP contribution < -0.4 is 15.5 Å². The number of anilines is 2. The maximum absolute atomic E-state index is 12.9. The molecule has 3 rings (SSSR count). The lowest BCUT2D eigenvalue weighted by Gasteiger charge is -2.16. The average molecular weight is 313 g/mol. The minimum absolute atomic E-state index is 0.0457. The zero-order chi connectivity index (χ0) is 16.2. The maximum Gasteiger partial charge on any atom is 0.321 e. The topological polar surface area (TPSA) is 44.4 Å². The monoisotopic (exact) mass is 313 g/mol. The molecule has 2 N–H and O–H groups in total. The molecule has 2 aromatic carbocycles. The van der Waals surface area contributed by atoms with Crippen molar-refractivity contribution in [1.82, 2.24) is 5.32 Å². The standard InChI is InChI=1S/C18H20FN3O/c1-13(14-2-4-15(19)5-3-14)12-21-16-6-8-17(9-7-16)22-11-10-20-18(22)23/h2-9,13,21H,10-12H2,1H3,(H,20,23)/t13-/m0/s1. The first-order valence-corrected chi connectivity index (χ1v) is 7.78. The van der Waals surface area contributed by atoms with E-state index in [1.165, 1.54) is 12.1 Å². The second-order valence-corrected chi connectivity index (χ2v) is 5.76. The van der Waals surface area contributed by atoms with Gasteiger partial charge < -0.3 is 10.6 Å². The molecule has 0 bridgehead atoms. The minimum atomic E-state index is -0.213. The number of urea groups is 1. The molecule has 1 fully saturated rings.